The molecule has 0 aromatic heterocycles. The molecule has 1 saturated carbocycles. The lowest BCUT2D eigenvalue weighted by Gasteiger charge is -2.29. The Labute approximate surface area is 113 Å². The molecule has 94 valence electrons. The second-order valence-corrected chi connectivity index (χ2v) is 5.71. The molecule has 0 amide bonds. The third kappa shape index (κ3) is 2.36. The zero-order valence-electron chi connectivity index (χ0n) is 9.09. The first-order valence-electron chi connectivity index (χ1n) is 5.49. The molecule has 1 aliphatic rings. The van der Waals surface area contributed by atoms with Crippen LogP contribution in [-0.4, -0.2) is 15.8 Å². The highest BCUT2D eigenvalue weighted by Crippen LogP contribution is 2.42. The molecule has 17 heavy (non-hydrogen) atoms. The first-order valence-corrected chi connectivity index (χ1v) is 6.66. The number of hydrogen-bond acceptors (Lipinski definition) is 2. The zero-order chi connectivity index (χ0) is 12.6. The summed E-state index contributed by atoms with van der Waals surface area (Å²) >= 11 is 8.87. The first kappa shape index (κ1) is 13.3. The highest BCUT2D eigenvalue weighted by atomic mass is 79.9. The van der Waals surface area contributed by atoms with Crippen molar-refractivity contribution in [2.45, 2.75) is 37.4 Å². The van der Waals surface area contributed by atoms with Gasteiger partial charge in [0.05, 0.1) is 10.6 Å². The lowest BCUT2D eigenvalue weighted by Crippen LogP contribution is -2.33. The van der Waals surface area contributed by atoms with Crippen molar-refractivity contribution in [1.29, 1.82) is 0 Å². The molecule has 1 unspecified atom stereocenters. The summed E-state index contributed by atoms with van der Waals surface area (Å²) in [6.45, 7) is 0. The first-order chi connectivity index (χ1) is 7.96. The van der Waals surface area contributed by atoms with Crippen molar-refractivity contribution >= 4 is 27.5 Å². The molecule has 0 radical (unpaired) electrons. The average Bonchev–Trinajstić information content (AvgIpc) is 2.74. The molecule has 1 aliphatic carbocycles. The Morgan fingerprint density at radius 2 is 1.94 bits per heavy atom. The number of rotatable bonds is 2. The number of aliphatic hydroxyl groups is 2. The summed E-state index contributed by atoms with van der Waals surface area (Å²) in [6.07, 6.45) is 1.44. The van der Waals surface area contributed by atoms with E-state index in [1.54, 1.807) is 6.07 Å². The fourth-order valence-electron chi connectivity index (χ4n) is 2.30. The van der Waals surface area contributed by atoms with Crippen LogP contribution < -0.4 is 0 Å². The number of benzene rings is 1. The van der Waals surface area contributed by atoms with Crippen LogP contribution in [0, 0.1) is 5.82 Å². The summed E-state index contributed by atoms with van der Waals surface area (Å²) in [7, 11) is 0. The van der Waals surface area contributed by atoms with Gasteiger partial charge < -0.3 is 10.2 Å². The van der Waals surface area contributed by atoms with Crippen molar-refractivity contribution in [1.82, 2.24) is 0 Å². The van der Waals surface area contributed by atoms with E-state index in [1.165, 1.54) is 6.07 Å². The third-order valence-electron chi connectivity index (χ3n) is 3.34. The molecule has 2 rings (SSSR count). The van der Waals surface area contributed by atoms with E-state index in [2.05, 4.69) is 15.9 Å². The van der Waals surface area contributed by atoms with Gasteiger partial charge in [0.25, 0.3) is 0 Å². The van der Waals surface area contributed by atoms with Crippen LogP contribution in [-0.2, 0) is 0 Å². The summed E-state index contributed by atoms with van der Waals surface area (Å²) in [5, 5.41) is 20.3. The van der Waals surface area contributed by atoms with Gasteiger partial charge in [-0.25, -0.2) is 4.39 Å². The van der Waals surface area contributed by atoms with Gasteiger partial charge in [0.2, 0.25) is 0 Å². The summed E-state index contributed by atoms with van der Waals surface area (Å²) in [6, 6.07) is 3.02. The summed E-state index contributed by atoms with van der Waals surface area (Å²) in [5.41, 5.74) is -1.17. The Morgan fingerprint density at radius 3 is 2.53 bits per heavy atom. The normalized spacial score (nSPS) is 20.5. The van der Waals surface area contributed by atoms with E-state index >= 15 is 0 Å². The molecule has 1 aromatic rings. The SMILES string of the molecule is OC(c1ccc(Br)c(Cl)c1F)C1(O)CCCC1. The van der Waals surface area contributed by atoms with Crippen LogP contribution in [0.25, 0.3) is 0 Å². The second kappa shape index (κ2) is 4.84. The Hall–Kier alpha value is -0.160. The third-order valence-corrected chi connectivity index (χ3v) is 4.60. The van der Waals surface area contributed by atoms with Crippen molar-refractivity contribution in [3.05, 3.63) is 33.0 Å². The van der Waals surface area contributed by atoms with Crippen LogP contribution in [0.5, 0.6) is 0 Å². The van der Waals surface area contributed by atoms with E-state index in [1.807, 2.05) is 0 Å². The van der Waals surface area contributed by atoms with Crippen molar-refractivity contribution in [2.24, 2.45) is 0 Å². The van der Waals surface area contributed by atoms with E-state index < -0.39 is 17.5 Å². The Morgan fingerprint density at radius 1 is 1.35 bits per heavy atom. The van der Waals surface area contributed by atoms with Crippen molar-refractivity contribution < 1.29 is 14.6 Å². The molecule has 2 nitrogen and oxygen atoms in total. The summed E-state index contributed by atoms with van der Waals surface area (Å²) in [4.78, 5) is 0. The molecule has 0 bridgehead atoms. The minimum absolute atomic E-state index is 0.0580. The molecule has 2 N–H and O–H groups in total. The smallest absolute Gasteiger partial charge is 0.148 e. The maximum absolute atomic E-state index is 13.9. The molecule has 0 aliphatic heterocycles. The predicted molar refractivity (Wildman–Crippen MR) is 67.5 cm³/mol. The molecule has 1 fully saturated rings. The fraction of sp³-hybridized carbons (Fsp3) is 0.500. The van der Waals surface area contributed by atoms with Gasteiger partial charge in [-0.3, -0.25) is 0 Å². The standard InChI is InChI=1S/C12H13BrClFO2/c13-8-4-3-7(10(15)9(8)14)11(16)12(17)5-1-2-6-12/h3-4,11,16-17H,1-2,5-6H2. The maximum Gasteiger partial charge on any atom is 0.148 e. The Balaban J connectivity index is 2.37. The summed E-state index contributed by atoms with van der Waals surface area (Å²) < 4.78 is 14.3. The van der Waals surface area contributed by atoms with E-state index in [0.29, 0.717) is 17.3 Å². The quantitative estimate of drug-likeness (QED) is 0.817. The van der Waals surface area contributed by atoms with Crippen LogP contribution in [0.2, 0.25) is 5.02 Å². The van der Waals surface area contributed by atoms with Gasteiger partial charge in [0.15, 0.2) is 0 Å². The van der Waals surface area contributed by atoms with Crippen molar-refractivity contribution in [3.8, 4) is 0 Å². The van der Waals surface area contributed by atoms with Gasteiger partial charge >= 0.3 is 0 Å². The van der Waals surface area contributed by atoms with Crippen LogP contribution >= 0.6 is 27.5 Å². The van der Waals surface area contributed by atoms with Gasteiger partial charge in [-0.1, -0.05) is 30.5 Å². The van der Waals surface area contributed by atoms with E-state index in [4.69, 9.17) is 11.6 Å². The highest BCUT2D eigenvalue weighted by molar-refractivity contribution is 9.10. The minimum Gasteiger partial charge on any atom is -0.387 e. The maximum atomic E-state index is 13.9. The molecule has 0 heterocycles. The molecule has 0 saturated heterocycles. The van der Waals surface area contributed by atoms with Gasteiger partial charge in [-0.05, 0) is 34.8 Å². The number of halogens is 3. The Bertz CT molecular complexity index is 433. The number of hydrogen-bond donors (Lipinski definition) is 2. The topological polar surface area (TPSA) is 40.5 Å². The lowest BCUT2D eigenvalue weighted by molar-refractivity contribution is -0.0733. The second-order valence-electron chi connectivity index (χ2n) is 4.48. The van der Waals surface area contributed by atoms with E-state index in [-0.39, 0.29) is 10.6 Å². The van der Waals surface area contributed by atoms with E-state index in [9.17, 15) is 14.6 Å². The predicted octanol–water partition coefficient (Wildman–Crippen LogP) is 3.58. The van der Waals surface area contributed by atoms with Gasteiger partial charge in [0, 0.05) is 10.0 Å². The number of aliphatic hydroxyl groups excluding tert-OH is 1. The average molecular weight is 324 g/mol. The van der Waals surface area contributed by atoms with Gasteiger partial charge in [-0.2, -0.15) is 0 Å². The monoisotopic (exact) mass is 322 g/mol. The largest absolute Gasteiger partial charge is 0.387 e. The van der Waals surface area contributed by atoms with Crippen LogP contribution in [0.15, 0.2) is 16.6 Å². The molecule has 1 atom stereocenters. The minimum atomic E-state index is -1.23. The zero-order valence-corrected chi connectivity index (χ0v) is 11.4. The van der Waals surface area contributed by atoms with Gasteiger partial charge in [-0.15, -0.1) is 0 Å². The van der Waals surface area contributed by atoms with Crippen LogP contribution in [0.4, 0.5) is 4.39 Å². The van der Waals surface area contributed by atoms with Crippen molar-refractivity contribution in [2.75, 3.05) is 0 Å². The molecular weight excluding hydrogens is 310 g/mol. The molecule has 1 aromatic carbocycles. The highest BCUT2D eigenvalue weighted by Gasteiger charge is 2.40. The molecule has 0 spiro atoms. The fourth-order valence-corrected chi connectivity index (χ4v) is 2.78. The van der Waals surface area contributed by atoms with E-state index in [0.717, 1.165) is 12.8 Å². The Kier molecular flexibility index (Phi) is 3.78. The lowest BCUT2D eigenvalue weighted by atomic mass is 9.89. The van der Waals surface area contributed by atoms with Crippen molar-refractivity contribution in [3.63, 3.8) is 0 Å². The molecule has 5 heteroatoms. The summed E-state index contributed by atoms with van der Waals surface area (Å²) in [5.74, 6) is -0.672. The van der Waals surface area contributed by atoms with Crippen LogP contribution in [0.3, 0.4) is 0 Å². The van der Waals surface area contributed by atoms with Gasteiger partial charge in [0.1, 0.15) is 11.9 Å². The molecular formula is C12H13BrClFO2. The van der Waals surface area contributed by atoms with Crippen LogP contribution in [0.1, 0.15) is 37.4 Å².